The predicted molar refractivity (Wildman–Crippen MR) is 108 cm³/mol. The van der Waals surface area contributed by atoms with Crippen molar-refractivity contribution in [2.24, 2.45) is 0 Å². The number of nitrogens with one attached hydrogen (secondary N) is 3. The molecule has 2 aromatic heterocycles. The molecular weight excluding hydrogens is 378 g/mol. The molecular formula is C19H21N5O3S. The number of hydrogen-bond donors (Lipinski definition) is 3. The van der Waals surface area contributed by atoms with Crippen LogP contribution in [0.25, 0.3) is 22.5 Å². The van der Waals surface area contributed by atoms with Crippen LogP contribution in [0.3, 0.4) is 0 Å². The van der Waals surface area contributed by atoms with Gasteiger partial charge in [-0.25, -0.2) is 9.78 Å². The van der Waals surface area contributed by atoms with Gasteiger partial charge in [0.15, 0.2) is 5.13 Å². The van der Waals surface area contributed by atoms with E-state index in [1.54, 1.807) is 27.0 Å². The van der Waals surface area contributed by atoms with Gasteiger partial charge in [-0.1, -0.05) is 18.2 Å². The molecule has 0 spiro atoms. The van der Waals surface area contributed by atoms with Crippen LogP contribution in [-0.4, -0.2) is 39.3 Å². The smallest absolute Gasteiger partial charge is 0.408 e. The number of carbonyl (C=O) groups is 2. The predicted octanol–water partition coefficient (Wildman–Crippen LogP) is 3.66. The van der Waals surface area contributed by atoms with Gasteiger partial charge in [0.25, 0.3) is 0 Å². The summed E-state index contributed by atoms with van der Waals surface area (Å²) in [7, 11) is 0. The Balaban J connectivity index is 1.59. The van der Waals surface area contributed by atoms with E-state index in [1.807, 2.05) is 35.7 Å². The zero-order chi connectivity index (χ0) is 20.1. The Bertz CT molecular complexity index is 960. The van der Waals surface area contributed by atoms with Crippen LogP contribution in [0, 0.1) is 0 Å². The van der Waals surface area contributed by atoms with Crippen LogP contribution in [-0.2, 0) is 9.53 Å². The zero-order valence-corrected chi connectivity index (χ0v) is 16.6. The molecule has 0 aliphatic rings. The summed E-state index contributed by atoms with van der Waals surface area (Å²) in [6, 6.07) is 9.76. The fraction of sp³-hybridized carbons (Fsp3) is 0.263. The number of alkyl carbamates (subject to hydrolysis) is 1. The van der Waals surface area contributed by atoms with Crippen molar-refractivity contribution in [2.45, 2.75) is 26.4 Å². The summed E-state index contributed by atoms with van der Waals surface area (Å²) in [5.74, 6) is -0.377. The van der Waals surface area contributed by atoms with Crippen LogP contribution in [0.2, 0.25) is 0 Å². The molecule has 2 heterocycles. The highest BCUT2D eigenvalue weighted by molar-refractivity contribution is 7.14. The molecule has 1 aromatic carbocycles. The van der Waals surface area contributed by atoms with Gasteiger partial charge >= 0.3 is 6.09 Å². The fourth-order valence-electron chi connectivity index (χ4n) is 2.36. The maximum Gasteiger partial charge on any atom is 0.408 e. The number of H-pyrrole nitrogens is 1. The van der Waals surface area contributed by atoms with Crippen molar-refractivity contribution in [3.63, 3.8) is 0 Å². The number of rotatable bonds is 5. The number of anilines is 1. The summed E-state index contributed by atoms with van der Waals surface area (Å²) in [5, 5.41) is 14.3. The molecule has 0 fully saturated rings. The van der Waals surface area contributed by atoms with Gasteiger partial charge in [-0.15, -0.1) is 11.3 Å². The van der Waals surface area contributed by atoms with Crippen molar-refractivity contribution < 1.29 is 14.3 Å². The van der Waals surface area contributed by atoms with Crippen LogP contribution in [0.1, 0.15) is 20.8 Å². The lowest BCUT2D eigenvalue weighted by atomic mass is 10.1. The Morgan fingerprint density at radius 1 is 1.21 bits per heavy atom. The molecule has 8 nitrogen and oxygen atoms in total. The SMILES string of the molecule is CC(C)(C)OC(=O)NCC(=O)Nc1nc(-c2cccc(-c3ccn[nH]3)c2)cs1. The molecule has 0 aliphatic carbocycles. The van der Waals surface area contributed by atoms with Crippen molar-refractivity contribution >= 4 is 28.5 Å². The van der Waals surface area contributed by atoms with Crippen LogP contribution in [0.15, 0.2) is 41.9 Å². The summed E-state index contributed by atoms with van der Waals surface area (Å²) in [4.78, 5) is 28.1. The molecule has 146 valence electrons. The van der Waals surface area contributed by atoms with Gasteiger partial charge in [0.05, 0.1) is 11.4 Å². The zero-order valence-electron chi connectivity index (χ0n) is 15.8. The second-order valence-corrected chi connectivity index (χ2v) is 7.85. The average Bonchev–Trinajstić information content (AvgIpc) is 3.31. The molecule has 3 aromatic rings. The molecule has 0 bridgehead atoms. The third-order valence-electron chi connectivity index (χ3n) is 3.51. The number of nitrogens with zero attached hydrogens (tertiary/aromatic N) is 2. The molecule has 0 aliphatic heterocycles. The topological polar surface area (TPSA) is 109 Å². The van der Waals surface area contributed by atoms with Crippen LogP contribution >= 0.6 is 11.3 Å². The molecule has 0 saturated carbocycles. The summed E-state index contributed by atoms with van der Waals surface area (Å²) >= 11 is 1.31. The molecule has 9 heteroatoms. The third-order valence-corrected chi connectivity index (χ3v) is 4.27. The van der Waals surface area contributed by atoms with E-state index in [9.17, 15) is 9.59 Å². The first-order valence-electron chi connectivity index (χ1n) is 8.62. The van der Waals surface area contributed by atoms with Crippen molar-refractivity contribution in [2.75, 3.05) is 11.9 Å². The summed E-state index contributed by atoms with van der Waals surface area (Å²) in [6.45, 7) is 5.07. The summed E-state index contributed by atoms with van der Waals surface area (Å²) < 4.78 is 5.09. The number of thiazole rings is 1. The van der Waals surface area contributed by atoms with E-state index in [0.717, 1.165) is 22.5 Å². The highest BCUT2D eigenvalue weighted by Gasteiger charge is 2.17. The Labute approximate surface area is 166 Å². The molecule has 3 rings (SSSR count). The van der Waals surface area contributed by atoms with Crippen LogP contribution < -0.4 is 10.6 Å². The van der Waals surface area contributed by atoms with Gasteiger partial charge in [-0.05, 0) is 32.9 Å². The number of benzene rings is 1. The van der Waals surface area contributed by atoms with Gasteiger partial charge in [0.1, 0.15) is 12.1 Å². The van der Waals surface area contributed by atoms with E-state index in [4.69, 9.17) is 4.74 Å². The van der Waals surface area contributed by atoms with Crippen LogP contribution in [0.5, 0.6) is 0 Å². The third kappa shape index (κ3) is 5.40. The lowest BCUT2D eigenvalue weighted by Crippen LogP contribution is -2.37. The van der Waals surface area contributed by atoms with Crippen molar-refractivity contribution in [1.82, 2.24) is 20.5 Å². The van der Waals surface area contributed by atoms with Gasteiger partial charge in [-0.3, -0.25) is 9.89 Å². The number of aromatic nitrogens is 3. The highest BCUT2D eigenvalue weighted by Crippen LogP contribution is 2.28. The monoisotopic (exact) mass is 399 g/mol. The van der Waals surface area contributed by atoms with Gasteiger partial charge in [0, 0.05) is 22.7 Å². The van der Waals surface area contributed by atoms with Crippen molar-refractivity contribution in [3.8, 4) is 22.5 Å². The average molecular weight is 399 g/mol. The fourth-order valence-corrected chi connectivity index (χ4v) is 3.09. The Morgan fingerprint density at radius 2 is 2.00 bits per heavy atom. The highest BCUT2D eigenvalue weighted by atomic mass is 32.1. The van der Waals surface area contributed by atoms with E-state index >= 15 is 0 Å². The van der Waals surface area contributed by atoms with Gasteiger partial charge in [0.2, 0.25) is 5.91 Å². The molecule has 28 heavy (non-hydrogen) atoms. The van der Waals surface area contributed by atoms with E-state index in [0.29, 0.717) is 5.13 Å². The molecule has 0 radical (unpaired) electrons. The summed E-state index contributed by atoms with van der Waals surface area (Å²) in [6.07, 6.45) is 1.06. The maximum atomic E-state index is 12.0. The molecule has 0 saturated heterocycles. The number of ether oxygens (including phenoxy) is 1. The van der Waals surface area contributed by atoms with Gasteiger partial charge < -0.3 is 15.4 Å². The van der Waals surface area contributed by atoms with E-state index in [-0.39, 0.29) is 12.5 Å². The number of carbonyl (C=O) groups excluding carboxylic acids is 2. The Kier molecular flexibility index (Phi) is 5.74. The summed E-state index contributed by atoms with van der Waals surface area (Å²) in [5.41, 5.74) is 2.97. The lowest BCUT2D eigenvalue weighted by Gasteiger charge is -2.19. The normalized spacial score (nSPS) is 11.1. The quantitative estimate of drug-likeness (QED) is 0.607. The molecule has 2 amide bonds. The van der Waals surface area contributed by atoms with Crippen molar-refractivity contribution in [1.29, 1.82) is 0 Å². The molecule has 0 unspecified atom stereocenters. The van der Waals surface area contributed by atoms with E-state index in [2.05, 4.69) is 25.8 Å². The van der Waals surface area contributed by atoms with E-state index < -0.39 is 11.7 Å². The first-order chi connectivity index (χ1) is 13.3. The van der Waals surface area contributed by atoms with Crippen molar-refractivity contribution in [3.05, 3.63) is 41.9 Å². The minimum Gasteiger partial charge on any atom is -0.444 e. The van der Waals surface area contributed by atoms with E-state index in [1.165, 1.54) is 11.3 Å². The maximum absolute atomic E-state index is 12.0. The second kappa shape index (κ2) is 8.22. The number of amides is 2. The minimum atomic E-state index is -0.641. The largest absolute Gasteiger partial charge is 0.444 e. The number of hydrogen-bond acceptors (Lipinski definition) is 6. The lowest BCUT2D eigenvalue weighted by molar-refractivity contribution is -0.115. The standard InChI is InChI=1S/C19H21N5O3S/c1-19(2,3)27-18(26)20-10-16(25)23-17-22-15(11-28-17)13-6-4-5-12(9-13)14-7-8-21-24-14/h4-9,11H,10H2,1-3H3,(H,20,26)(H,21,24)(H,22,23,25). The Morgan fingerprint density at radius 3 is 2.71 bits per heavy atom. The first kappa shape index (κ1) is 19.6. The van der Waals surface area contributed by atoms with Gasteiger partial charge in [-0.2, -0.15) is 5.10 Å². The van der Waals surface area contributed by atoms with Crippen LogP contribution in [0.4, 0.5) is 9.93 Å². The first-order valence-corrected chi connectivity index (χ1v) is 9.50. The number of aromatic amines is 1. The minimum absolute atomic E-state index is 0.195. The molecule has 0 atom stereocenters. The second-order valence-electron chi connectivity index (χ2n) is 6.99. The Hall–Kier alpha value is -3.20. The molecule has 3 N–H and O–H groups in total.